The number of nitrogen functional groups attached to an aromatic ring is 1. The van der Waals surface area contributed by atoms with Crippen LogP contribution in [0.2, 0.25) is 0 Å². The standard InChI is InChI=1S/C12H10N4S/c1-8-2-5-16-12(9(8)6-13)17-11-3-4-15-7-10(11)14/h2-5,7H,14H2,1H3. The minimum atomic E-state index is 0.588. The number of aryl methyl sites for hydroxylation is 1. The van der Waals surface area contributed by atoms with Gasteiger partial charge in [0.15, 0.2) is 0 Å². The Morgan fingerprint density at radius 1 is 1.35 bits per heavy atom. The van der Waals surface area contributed by atoms with Crippen LogP contribution in [0.3, 0.4) is 0 Å². The molecule has 0 amide bonds. The third kappa shape index (κ3) is 2.37. The largest absolute Gasteiger partial charge is 0.397 e. The van der Waals surface area contributed by atoms with Gasteiger partial charge in [0, 0.05) is 17.3 Å². The summed E-state index contributed by atoms with van der Waals surface area (Å²) < 4.78 is 0. The molecule has 0 atom stereocenters. The van der Waals surface area contributed by atoms with E-state index in [0.29, 0.717) is 16.3 Å². The summed E-state index contributed by atoms with van der Waals surface area (Å²) in [5.41, 5.74) is 7.90. The van der Waals surface area contributed by atoms with E-state index in [-0.39, 0.29) is 0 Å². The first-order chi connectivity index (χ1) is 8.22. The van der Waals surface area contributed by atoms with E-state index in [9.17, 15) is 0 Å². The van der Waals surface area contributed by atoms with E-state index in [1.807, 2.05) is 19.1 Å². The normalized spacial score (nSPS) is 9.88. The summed E-state index contributed by atoms with van der Waals surface area (Å²) in [5, 5.41) is 9.77. The molecular weight excluding hydrogens is 232 g/mol. The fraction of sp³-hybridized carbons (Fsp3) is 0.0833. The highest BCUT2D eigenvalue weighted by atomic mass is 32.2. The van der Waals surface area contributed by atoms with E-state index < -0.39 is 0 Å². The van der Waals surface area contributed by atoms with E-state index in [4.69, 9.17) is 11.0 Å². The van der Waals surface area contributed by atoms with Crippen molar-refractivity contribution in [3.05, 3.63) is 41.9 Å². The van der Waals surface area contributed by atoms with Gasteiger partial charge in [0.05, 0.1) is 17.4 Å². The molecule has 0 aliphatic heterocycles. The molecule has 0 bridgehead atoms. The van der Waals surface area contributed by atoms with E-state index >= 15 is 0 Å². The van der Waals surface area contributed by atoms with Gasteiger partial charge in [0.1, 0.15) is 11.1 Å². The molecule has 0 saturated heterocycles. The first kappa shape index (κ1) is 11.4. The van der Waals surface area contributed by atoms with Crippen LogP contribution in [0.1, 0.15) is 11.1 Å². The molecule has 2 N–H and O–H groups in total. The summed E-state index contributed by atoms with van der Waals surface area (Å²) >= 11 is 1.38. The van der Waals surface area contributed by atoms with E-state index in [2.05, 4.69) is 16.0 Å². The van der Waals surface area contributed by atoms with Crippen molar-refractivity contribution in [1.82, 2.24) is 9.97 Å². The molecule has 0 radical (unpaired) electrons. The van der Waals surface area contributed by atoms with Gasteiger partial charge in [-0.1, -0.05) is 11.8 Å². The molecular formula is C12H10N4S. The monoisotopic (exact) mass is 242 g/mol. The van der Waals surface area contributed by atoms with Gasteiger partial charge in [-0.2, -0.15) is 5.26 Å². The Balaban J connectivity index is 2.41. The Morgan fingerprint density at radius 2 is 2.18 bits per heavy atom. The molecule has 2 aromatic rings. The molecule has 0 saturated carbocycles. The van der Waals surface area contributed by atoms with Gasteiger partial charge >= 0.3 is 0 Å². The van der Waals surface area contributed by atoms with E-state index in [1.54, 1.807) is 18.6 Å². The molecule has 4 nitrogen and oxygen atoms in total. The summed E-state index contributed by atoms with van der Waals surface area (Å²) in [7, 11) is 0. The van der Waals surface area contributed by atoms with Gasteiger partial charge in [-0.15, -0.1) is 0 Å². The van der Waals surface area contributed by atoms with Crippen LogP contribution < -0.4 is 5.73 Å². The zero-order valence-electron chi connectivity index (χ0n) is 9.21. The molecule has 84 valence electrons. The lowest BCUT2D eigenvalue weighted by atomic mass is 10.2. The highest BCUT2D eigenvalue weighted by molar-refractivity contribution is 7.99. The van der Waals surface area contributed by atoms with Crippen molar-refractivity contribution in [3.8, 4) is 6.07 Å². The van der Waals surface area contributed by atoms with Gasteiger partial charge in [-0.3, -0.25) is 4.98 Å². The van der Waals surface area contributed by atoms with Gasteiger partial charge in [0.25, 0.3) is 0 Å². The van der Waals surface area contributed by atoms with Gasteiger partial charge in [0.2, 0.25) is 0 Å². The fourth-order valence-electron chi connectivity index (χ4n) is 1.34. The van der Waals surface area contributed by atoms with Crippen LogP contribution in [0.15, 0.2) is 40.6 Å². The summed E-state index contributed by atoms with van der Waals surface area (Å²) in [6, 6.07) is 5.79. The van der Waals surface area contributed by atoms with Crippen molar-refractivity contribution in [3.63, 3.8) is 0 Å². The third-order valence-electron chi connectivity index (χ3n) is 2.25. The lowest BCUT2D eigenvalue weighted by Crippen LogP contribution is -1.93. The van der Waals surface area contributed by atoms with Crippen LogP contribution in [0.25, 0.3) is 0 Å². The molecule has 0 unspecified atom stereocenters. The van der Waals surface area contributed by atoms with Gasteiger partial charge < -0.3 is 5.73 Å². The van der Waals surface area contributed by atoms with E-state index in [0.717, 1.165) is 10.5 Å². The maximum absolute atomic E-state index is 9.10. The number of aromatic nitrogens is 2. The van der Waals surface area contributed by atoms with Crippen LogP contribution in [-0.4, -0.2) is 9.97 Å². The Bertz CT molecular complexity index is 589. The Kier molecular flexibility index (Phi) is 3.26. The summed E-state index contributed by atoms with van der Waals surface area (Å²) in [4.78, 5) is 8.99. The van der Waals surface area contributed by atoms with Crippen molar-refractivity contribution in [2.75, 3.05) is 5.73 Å². The molecule has 17 heavy (non-hydrogen) atoms. The molecule has 2 aromatic heterocycles. The first-order valence-electron chi connectivity index (χ1n) is 4.95. The van der Waals surface area contributed by atoms with Crippen molar-refractivity contribution < 1.29 is 0 Å². The van der Waals surface area contributed by atoms with Gasteiger partial charge in [-0.05, 0) is 24.6 Å². The molecule has 5 heteroatoms. The molecule has 2 rings (SSSR count). The van der Waals surface area contributed by atoms with Crippen molar-refractivity contribution in [2.45, 2.75) is 16.8 Å². The zero-order chi connectivity index (χ0) is 12.3. The second-order valence-corrected chi connectivity index (χ2v) is 4.47. The van der Waals surface area contributed by atoms with Crippen LogP contribution in [0.5, 0.6) is 0 Å². The average Bonchev–Trinajstić information content (AvgIpc) is 2.32. The maximum Gasteiger partial charge on any atom is 0.119 e. The highest BCUT2D eigenvalue weighted by Crippen LogP contribution is 2.32. The Hall–Kier alpha value is -2.06. The molecule has 0 aromatic carbocycles. The quantitative estimate of drug-likeness (QED) is 0.875. The number of rotatable bonds is 2. The number of pyridine rings is 2. The minimum Gasteiger partial charge on any atom is -0.397 e. The van der Waals surface area contributed by atoms with Crippen LogP contribution >= 0.6 is 11.8 Å². The van der Waals surface area contributed by atoms with Gasteiger partial charge in [-0.25, -0.2) is 4.98 Å². The number of nitriles is 1. The van der Waals surface area contributed by atoms with Crippen molar-refractivity contribution in [1.29, 1.82) is 5.26 Å². The summed E-state index contributed by atoms with van der Waals surface area (Å²) in [6.45, 7) is 1.89. The maximum atomic E-state index is 9.10. The number of anilines is 1. The van der Waals surface area contributed by atoms with Crippen LogP contribution in [0, 0.1) is 18.3 Å². The van der Waals surface area contributed by atoms with Crippen LogP contribution in [-0.2, 0) is 0 Å². The van der Waals surface area contributed by atoms with Crippen LogP contribution in [0.4, 0.5) is 5.69 Å². The number of nitrogens with zero attached hydrogens (tertiary/aromatic N) is 3. The highest BCUT2D eigenvalue weighted by Gasteiger charge is 2.09. The fourth-order valence-corrected chi connectivity index (χ4v) is 2.27. The average molecular weight is 242 g/mol. The minimum absolute atomic E-state index is 0.588. The predicted molar refractivity (Wildman–Crippen MR) is 66.5 cm³/mol. The topological polar surface area (TPSA) is 75.6 Å². The molecule has 0 aliphatic rings. The Morgan fingerprint density at radius 3 is 2.88 bits per heavy atom. The summed E-state index contributed by atoms with van der Waals surface area (Å²) in [6.07, 6.45) is 4.95. The number of hydrogen-bond acceptors (Lipinski definition) is 5. The lowest BCUT2D eigenvalue weighted by Gasteiger charge is -2.06. The second kappa shape index (κ2) is 4.85. The number of nitrogens with two attached hydrogens (primary N) is 1. The number of hydrogen-bond donors (Lipinski definition) is 1. The SMILES string of the molecule is Cc1ccnc(Sc2ccncc2N)c1C#N. The lowest BCUT2D eigenvalue weighted by molar-refractivity contribution is 1.08. The van der Waals surface area contributed by atoms with E-state index in [1.165, 1.54) is 11.8 Å². The Labute approximate surface area is 104 Å². The predicted octanol–water partition coefficient (Wildman–Crippen LogP) is 2.39. The molecule has 0 spiro atoms. The molecule has 2 heterocycles. The first-order valence-corrected chi connectivity index (χ1v) is 5.77. The third-order valence-corrected chi connectivity index (χ3v) is 3.35. The molecule has 0 fully saturated rings. The summed E-state index contributed by atoms with van der Waals surface area (Å²) in [5.74, 6) is 0. The zero-order valence-corrected chi connectivity index (χ0v) is 10.0. The molecule has 0 aliphatic carbocycles. The van der Waals surface area contributed by atoms with Crippen molar-refractivity contribution in [2.24, 2.45) is 0 Å². The van der Waals surface area contributed by atoms with Crippen molar-refractivity contribution >= 4 is 17.4 Å². The smallest absolute Gasteiger partial charge is 0.119 e. The second-order valence-electron chi connectivity index (χ2n) is 3.44.